The van der Waals surface area contributed by atoms with Gasteiger partial charge in [0, 0.05) is 24.3 Å². The highest BCUT2D eigenvalue weighted by molar-refractivity contribution is 5.97. The maximum absolute atomic E-state index is 11.8. The van der Waals surface area contributed by atoms with Gasteiger partial charge in [-0.3, -0.25) is 14.9 Å². The predicted molar refractivity (Wildman–Crippen MR) is 77.0 cm³/mol. The van der Waals surface area contributed by atoms with E-state index in [0.717, 1.165) is 12.8 Å². The zero-order valence-electron chi connectivity index (χ0n) is 11.8. The van der Waals surface area contributed by atoms with Crippen LogP contribution in [-0.4, -0.2) is 23.9 Å². The Hall–Kier alpha value is -1.75. The van der Waals surface area contributed by atoms with E-state index >= 15 is 0 Å². The molecule has 0 radical (unpaired) electrons. The maximum atomic E-state index is 11.8. The summed E-state index contributed by atoms with van der Waals surface area (Å²) >= 11 is 0. The molecule has 0 atom stereocenters. The Balaban J connectivity index is 2.24. The first-order chi connectivity index (χ1) is 9.65. The lowest BCUT2D eigenvalue weighted by Crippen LogP contribution is -2.09. The number of nitro benzene ring substituents is 1. The first-order valence-electron chi connectivity index (χ1n) is 7.00. The third kappa shape index (κ3) is 5.93. The van der Waals surface area contributed by atoms with Gasteiger partial charge in [0.25, 0.3) is 5.69 Å². The molecule has 1 rings (SSSR count). The number of benzene rings is 1. The van der Waals surface area contributed by atoms with Gasteiger partial charge in [-0.25, -0.2) is 0 Å². The Labute approximate surface area is 119 Å². The van der Waals surface area contributed by atoms with Crippen LogP contribution in [0.5, 0.6) is 0 Å². The van der Waals surface area contributed by atoms with Crippen molar-refractivity contribution in [2.45, 2.75) is 39.0 Å². The number of nitrogens with zero attached hydrogens (tertiary/aromatic N) is 1. The molecule has 1 aromatic rings. The van der Waals surface area contributed by atoms with E-state index in [1.807, 2.05) is 0 Å². The highest BCUT2D eigenvalue weighted by Gasteiger charge is 2.09. The molecule has 110 valence electrons. The number of ether oxygens (including phenoxy) is 1. The highest BCUT2D eigenvalue weighted by atomic mass is 16.6. The van der Waals surface area contributed by atoms with Gasteiger partial charge in [0.05, 0.1) is 4.92 Å². The van der Waals surface area contributed by atoms with E-state index in [1.54, 1.807) is 0 Å². The summed E-state index contributed by atoms with van der Waals surface area (Å²) in [4.78, 5) is 21.8. The van der Waals surface area contributed by atoms with Crippen molar-refractivity contribution in [1.29, 1.82) is 0 Å². The summed E-state index contributed by atoms with van der Waals surface area (Å²) in [6.07, 6.45) is 5.74. The third-order valence-electron chi connectivity index (χ3n) is 3.03. The second-order valence-electron chi connectivity index (χ2n) is 4.69. The Bertz CT molecular complexity index is 428. The normalized spacial score (nSPS) is 10.4. The summed E-state index contributed by atoms with van der Waals surface area (Å²) in [5.74, 6) is -0.145. The van der Waals surface area contributed by atoms with Crippen molar-refractivity contribution in [3.63, 3.8) is 0 Å². The van der Waals surface area contributed by atoms with Crippen LogP contribution in [0.25, 0.3) is 0 Å². The minimum Gasteiger partial charge on any atom is -0.373 e. The number of unbranched alkanes of at least 4 members (excludes halogenated alkanes) is 4. The van der Waals surface area contributed by atoms with E-state index in [0.29, 0.717) is 12.2 Å². The molecule has 0 bridgehead atoms. The van der Waals surface area contributed by atoms with Crippen LogP contribution < -0.4 is 0 Å². The minimum absolute atomic E-state index is 0.0154. The Morgan fingerprint density at radius 3 is 2.40 bits per heavy atom. The fraction of sp³-hybridized carbons (Fsp3) is 0.533. The molecule has 0 aliphatic rings. The van der Waals surface area contributed by atoms with Crippen molar-refractivity contribution in [1.82, 2.24) is 0 Å². The second-order valence-corrected chi connectivity index (χ2v) is 4.69. The van der Waals surface area contributed by atoms with Gasteiger partial charge >= 0.3 is 0 Å². The molecule has 0 aliphatic carbocycles. The van der Waals surface area contributed by atoms with Crippen molar-refractivity contribution in [3.05, 3.63) is 39.9 Å². The molecule has 0 unspecified atom stereocenters. The first kappa shape index (κ1) is 16.3. The SMILES string of the molecule is CCCCCCCOCC(=O)c1ccc([N+](=O)[O-])cc1. The van der Waals surface area contributed by atoms with E-state index in [-0.39, 0.29) is 18.1 Å². The molecule has 0 amide bonds. The topological polar surface area (TPSA) is 69.4 Å². The standard InChI is InChI=1S/C15H21NO4/c1-2-3-4-5-6-11-20-12-15(17)13-7-9-14(10-8-13)16(18)19/h7-10H,2-6,11-12H2,1H3. The van der Waals surface area contributed by atoms with Crippen molar-refractivity contribution >= 4 is 11.5 Å². The minimum atomic E-state index is -0.485. The first-order valence-corrected chi connectivity index (χ1v) is 7.00. The monoisotopic (exact) mass is 279 g/mol. The zero-order valence-corrected chi connectivity index (χ0v) is 11.8. The van der Waals surface area contributed by atoms with Crippen molar-refractivity contribution in [2.75, 3.05) is 13.2 Å². The Kier molecular flexibility index (Phi) is 7.50. The van der Waals surface area contributed by atoms with Crippen LogP contribution in [0.4, 0.5) is 5.69 Å². The molecule has 5 heteroatoms. The summed E-state index contributed by atoms with van der Waals surface area (Å²) in [6, 6.07) is 5.59. The number of non-ortho nitro benzene ring substituents is 1. The molecule has 0 spiro atoms. The summed E-state index contributed by atoms with van der Waals surface area (Å²) in [5, 5.41) is 10.5. The molecule has 0 saturated heterocycles. The molecule has 0 saturated carbocycles. The molecule has 5 nitrogen and oxygen atoms in total. The smallest absolute Gasteiger partial charge is 0.269 e. The van der Waals surface area contributed by atoms with Gasteiger partial charge in [-0.05, 0) is 18.6 Å². The summed E-state index contributed by atoms with van der Waals surface area (Å²) < 4.78 is 5.32. The second kappa shape index (κ2) is 9.20. The van der Waals surface area contributed by atoms with Crippen molar-refractivity contribution in [3.8, 4) is 0 Å². The van der Waals surface area contributed by atoms with Crippen LogP contribution in [0.15, 0.2) is 24.3 Å². The molecular formula is C15H21NO4. The van der Waals surface area contributed by atoms with Crippen molar-refractivity contribution < 1.29 is 14.5 Å². The number of hydrogen-bond donors (Lipinski definition) is 0. The number of Topliss-reactive ketones (excluding diaryl/α,β-unsaturated/α-hetero) is 1. The largest absolute Gasteiger partial charge is 0.373 e. The van der Waals surface area contributed by atoms with Gasteiger partial charge in [-0.15, -0.1) is 0 Å². The van der Waals surface area contributed by atoms with E-state index < -0.39 is 4.92 Å². The zero-order chi connectivity index (χ0) is 14.8. The number of carbonyl (C=O) groups is 1. The Morgan fingerprint density at radius 1 is 1.15 bits per heavy atom. The molecular weight excluding hydrogens is 258 g/mol. The lowest BCUT2D eigenvalue weighted by molar-refractivity contribution is -0.384. The predicted octanol–water partition coefficient (Wildman–Crippen LogP) is 3.76. The summed E-state index contributed by atoms with van der Waals surface area (Å²) in [6.45, 7) is 2.79. The van der Waals surface area contributed by atoms with Crippen LogP contribution in [0, 0.1) is 10.1 Å². The van der Waals surface area contributed by atoms with Crippen LogP contribution in [0.2, 0.25) is 0 Å². The van der Waals surface area contributed by atoms with Gasteiger partial charge < -0.3 is 4.74 Å². The number of nitro groups is 1. The average Bonchev–Trinajstić information content (AvgIpc) is 2.46. The van der Waals surface area contributed by atoms with E-state index in [4.69, 9.17) is 4.74 Å². The van der Waals surface area contributed by atoms with Crippen LogP contribution in [0.1, 0.15) is 49.4 Å². The number of hydrogen-bond acceptors (Lipinski definition) is 4. The van der Waals surface area contributed by atoms with Gasteiger partial charge in [-0.2, -0.15) is 0 Å². The van der Waals surface area contributed by atoms with Gasteiger partial charge in [0.1, 0.15) is 6.61 Å². The fourth-order valence-electron chi connectivity index (χ4n) is 1.82. The summed E-state index contributed by atoms with van der Waals surface area (Å²) in [5.41, 5.74) is 0.431. The van der Waals surface area contributed by atoms with E-state index in [2.05, 4.69) is 6.92 Å². The fourth-order valence-corrected chi connectivity index (χ4v) is 1.82. The quantitative estimate of drug-likeness (QED) is 0.283. The van der Waals surface area contributed by atoms with Crippen molar-refractivity contribution in [2.24, 2.45) is 0 Å². The van der Waals surface area contributed by atoms with E-state index in [1.165, 1.54) is 43.5 Å². The third-order valence-corrected chi connectivity index (χ3v) is 3.03. The van der Waals surface area contributed by atoms with Crippen LogP contribution in [0.3, 0.4) is 0 Å². The lowest BCUT2D eigenvalue weighted by Gasteiger charge is -2.04. The van der Waals surface area contributed by atoms with Crippen LogP contribution in [-0.2, 0) is 4.74 Å². The molecule has 20 heavy (non-hydrogen) atoms. The average molecular weight is 279 g/mol. The maximum Gasteiger partial charge on any atom is 0.269 e. The summed E-state index contributed by atoms with van der Waals surface area (Å²) in [7, 11) is 0. The molecule has 0 heterocycles. The number of ketones is 1. The molecule has 0 aliphatic heterocycles. The molecule has 0 aromatic heterocycles. The number of rotatable bonds is 10. The van der Waals surface area contributed by atoms with Gasteiger partial charge in [-0.1, -0.05) is 32.6 Å². The lowest BCUT2D eigenvalue weighted by atomic mass is 10.1. The highest BCUT2D eigenvalue weighted by Crippen LogP contribution is 2.12. The van der Waals surface area contributed by atoms with E-state index in [9.17, 15) is 14.9 Å². The Morgan fingerprint density at radius 2 is 1.80 bits per heavy atom. The molecule has 1 aromatic carbocycles. The molecule has 0 N–H and O–H groups in total. The van der Waals surface area contributed by atoms with Gasteiger partial charge in [0.15, 0.2) is 5.78 Å². The number of carbonyl (C=O) groups excluding carboxylic acids is 1. The molecule has 0 fully saturated rings. The van der Waals surface area contributed by atoms with Crippen LogP contribution >= 0.6 is 0 Å². The van der Waals surface area contributed by atoms with Gasteiger partial charge in [0.2, 0.25) is 0 Å².